The molecule has 0 fully saturated rings. The summed E-state index contributed by atoms with van der Waals surface area (Å²) in [5.41, 5.74) is 8.04. The second kappa shape index (κ2) is 6.24. The van der Waals surface area contributed by atoms with Gasteiger partial charge >= 0.3 is 0 Å². The minimum atomic E-state index is -0.487. The van der Waals surface area contributed by atoms with Crippen LogP contribution in [0.1, 0.15) is 16.8 Å². The molecule has 17 heavy (non-hydrogen) atoms. The summed E-state index contributed by atoms with van der Waals surface area (Å²) in [4.78, 5) is 14.1. The summed E-state index contributed by atoms with van der Waals surface area (Å²) in [6.45, 7) is 0.621. The van der Waals surface area contributed by atoms with Crippen molar-refractivity contribution in [2.45, 2.75) is 6.42 Å². The van der Waals surface area contributed by atoms with Gasteiger partial charge in [0, 0.05) is 18.0 Å². The molecule has 0 aliphatic heterocycles. The predicted octanol–water partition coefficient (Wildman–Crippen LogP) is 1.53. The van der Waals surface area contributed by atoms with E-state index in [0.29, 0.717) is 19.5 Å². The van der Waals surface area contributed by atoms with E-state index < -0.39 is 5.91 Å². The molecule has 0 aliphatic carbocycles. The fourth-order valence-electron chi connectivity index (χ4n) is 1.20. The first-order chi connectivity index (χ1) is 8.15. The number of aromatic hydroxyl groups is 2. The zero-order valence-corrected chi connectivity index (χ0v) is 9.00. The van der Waals surface area contributed by atoms with Crippen LogP contribution in [0.15, 0.2) is 23.3 Å². The molecule has 1 rings (SSSR count). The summed E-state index contributed by atoms with van der Waals surface area (Å²) in [6.07, 6.45) is 0.509. The van der Waals surface area contributed by atoms with Crippen molar-refractivity contribution in [3.8, 4) is 11.5 Å². The summed E-state index contributed by atoms with van der Waals surface area (Å²) in [6, 6.07) is 3.70. The molecule has 0 bridgehead atoms. The van der Waals surface area contributed by atoms with Gasteiger partial charge in [-0.25, -0.2) is 0 Å². The Morgan fingerprint density at radius 1 is 1.47 bits per heavy atom. The van der Waals surface area contributed by atoms with E-state index in [-0.39, 0.29) is 17.1 Å². The number of rotatable bonds is 5. The van der Waals surface area contributed by atoms with Crippen LogP contribution in [0, 0.1) is 0 Å². The molecule has 90 valence electrons. The molecular formula is C10H12N4O3. The maximum Gasteiger partial charge on any atom is 0.255 e. The summed E-state index contributed by atoms with van der Waals surface area (Å²) in [5.74, 6) is -0.781. The van der Waals surface area contributed by atoms with Crippen molar-refractivity contribution in [1.82, 2.24) is 5.32 Å². The summed E-state index contributed by atoms with van der Waals surface area (Å²) in [7, 11) is 0. The first-order valence-electron chi connectivity index (χ1n) is 4.96. The number of hydrogen-bond donors (Lipinski definition) is 3. The molecule has 0 saturated carbocycles. The van der Waals surface area contributed by atoms with Gasteiger partial charge in [-0.2, -0.15) is 0 Å². The molecule has 7 heteroatoms. The average molecular weight is 236 g/mol. The van der Waals surface area contributed by atoms with E-state index in [9.17, 15) is 15.0 Å². The van der Waals surface area contributed by atoms with Gasteiger partial charge in [-0.1, -0.05) is 5.11 Å². The largest absolute Gasteiger partial charge is 0.508 e. The molecule has 0 radical (unpaired) electrons. The van der Waals surface area contributed by atoms with E-state index in [1.54, 1.807) is 0 Å². The number of nitrogens with zero attached hydrogens (tertiary/aromatic N) is 3. The van der Waals surface area contributed by atoms with Crippen molar-refractivity contribution >= 4 is 5.91 Å². The van der Waals surface area contributed by atoms with Crippen molar-refractivity contribution in [2.24, 2.45) is 5.11 Å². The normalized spacial score (nSPS) is 9.41. The van der Waals surface area contributed by atoms with Crippen LogP contribution in [0.5, 0.6) is 11.5 Å². The van der Waals surface area contributed by atoms with Crippen LogP contribution in [0.3, 0.4) is 0 Å². The second-order valence-electron chi connectivity index (χ2n) is 3.27. The van der Waals surface area contributed by atoms with Crippen molar-refractivity contribution in [1.29, 1.82) is 0 Å². The van der Waals surface area contributed by atoms with Crippen LogP contribution in [0.2, 0.25) is 0 Å². The molecule has 3 N–H and O–H groups in total. The third-order valence-electron chi connectivity index (χ3n) is 2.01. The number of azide groups is 1. The molecule has 0 unspecified atom stereocenters. The monoisotopic (exact) mass is 236 g/mol. The first-order valence-corrected chi connectivity index (χ1v) is 4.96. The Hall–Kier alpha value is -2.40. The maximum atomic E-state index is 11.6. The van der Waals surface area contributed by atoms with Crippen LogP contribution >= 0.6 is 0 Å². The molecule has 0 saturated heterocycles. The lowest BCUT2D eigenvalue weighted by molar-refractivity contribution is 0.0950. The SMILES string of the molecule is [N-]=[N+]=NCCCNC(=O)c1cc(O)ccc1O. The van der Waals surface area contributed by atoms with Crippen LogP contribution in [0.4, 0.5) is 0 Å². The first kappa shape index (κ1) is 12.7. The Morgan fingerprint density at radius 3 is 2.94 bits per heavy atom. The van der Waals surface area contributed by atoms with E-state index in [1.807, 2.05) is 0 Å². The fourth-order valence-corrected chi connectivity index (χ4v) is 1.20. The number of carbonyl (C=O) groups is 1. The summed E-state index contributed by atoms with van der Waals surface area (Å²) in [5, 5.41) is 24.4. The highest BCUT2D eigenvalue weighted by molar-refractivity contribution is 5.97. The van der Waals surface area contributed by atoms with Crippen molar-refractivity contribution in [3.05, 3.63) is 34.2 Å². The third-order valence-corrected chi connectivity index (χ3v) is 2.01. The number of phenols is 2. The lowest BCUT2D eigenvalue weighted by Gasteiger charge is -2.06. The van der Waals surface area contributed by atoms with E-state index in [0.717, 1.165) is 0 Å². The van der Waals surface area contributed by atoms with Gasteiger partial charge in [-0.3, -0.25) is 4.79 Å². The fraction of sp³-hybridized carbons (Fsp3) is 0.300. The highest BCUT2D eigenvalue weighted by atomic mass is 16.3. The standard InChI is InChI=1S/C10H12N4O3/c11-14-13-5-1-4-12-10(17)8-6-7(15)2-3-9(8)16/h2-3,6,15-16H,1,4-5H2,(H,12,17). The van der Waals surface area contributed by atoms with Gasteiger partial charge < -0.3 is 15.5 Å². The lowest BCUT2D eigenvalue weighted by atomic mass is 10.1. The van der Waals surface area contributed by atoms with Gasteiger partial charge in [0.2, 0.25) is 0 Å². The molecule has 0 spiro atoms. The number of amides is 1. The van der Waals surface area contributed by atoms with Crippen molar-refractivity contribution < 1.29 is 15.0 Å². The molecular weight excluding hydrogens is 224 g/mol. The molecule has 0 aromatic heterocycles. The number of carbonyl (C=O) groups excluding carboxylic acids is 1. The lowest BCUT2D eigenvalue weighted by Crippen LogP contribution is -2.24. The van der Waals surface area contributed by atoms with E-state index in [4.69, 9.17) is 5.53 Å². The number of hydrogen-bond acceptors (Lipinski definition) is 4. The Labute approximate surface area is 97.3 Å². The highest BCUT2D eigenvalue weighted by Crippen LogP contribution is 2.21. The maximum absolute atomic E-state index is 11.6. The molecule has 0 heterocycles. The van der Waals surface area contributed by atoms with Gasteiger partial charge in [0.05, 0.1) is 5.56 Å². The number of phenolic OH excluding ortho intramolecular Hbond substituents is 2. The van der Waals surface area contributed by atoms with E-state index >= 15 is 0 Å². The second-order valence-corrected chi connectivity index (χ2v) is 3.27. The van der Waals surface area contributed by atoms with Crippen LogP contribution < -0.4 is 5.32 Å². The highest BCUT2D eigenvalue weighted by Gasteiger charge is 2.10. The zero-order valence-electron chi connectivity index (χ0n) is 9.00. The minimum Gasteiger partial charge on any atom is -0.508 e. The quantitative estimate of drug-likeness (QED) is 0.236. The zero-order chi connectivity index (χ0) is 12.7. The van der Waals surface area contributed by atoms with Crippen LogP contribution in [-0.4, -0.2) is 29.2 Å². The molecule has 1 aromatic carbocycles. The van der Waals surface area contributed by atoms with Crippen LogP contribution in [0.25, 0.3) is 10.4 Å². The molecule has 1 aromatic rings. The Kier molecular flexibility index (Phi) is 4.65. The number of nitrogens with one attached hydrogen (secondary N) is 1. The Morgan fingerprint density at radius 2 is 2.24 bits per heavy atom. The number of benzene rings is 1. The minimum absolute atomic E-state index is 0.00813. The Bertz CT molecular complexity index is 455. The van der Waals surface area contributed by atoms with Crippen molar-refractivity contribution in [2.75, 3.05) is 13.1 Å². The van der Waals surface area contributed by atoms with Crippen LogP contribution in [-0.2, 0) is 0 Å². The molecule has 7 nitrogen and oxygen atoms in total. The van der Waals surface area contributed by atoms with Gasteiger partial charge in [0.25, 0.3) is 5.91 Å². The third kappa shape index (κ3) is 3.92. The molecule has 1 amide bonds. The topological polar surface area (TPSA) is 118 Å². The van der Waals surface area contributed by atoms with Crippen molar-refractivity contribution in [3.63, 3.8) is 0 Å². The predicted molar refractivity (Wildman–Crippen MR) is 60.7 cm³/mol. The summed E-state index contributed by atoms with van der Waals surface area (Å²) < 4.78 is 0. The average Bonchev–Trinajstić information content (AvgIpc) is 2.32. The smallest absolute Gasteiger partial charge is 0.255 e. The summed E-state index contributed by atoms with van der Waals surface area (Å²) >= 11 is 0. The van der Waals surface area contributed by atoms with Gasteiger partial charge in [0.15, 0.2) is 0 Å². The molecule has 0 aliphatic rings. The van der Waals surface area contributed by atoms with Gasteiger partial charge in [-0.05, 0) is 30.2 Å². The van der Waals surface area contributed by atoms with Gasteiger partial charge in [-0.15, -0.1) is 0 Å². The van der Waals surface area contributed by atoms with Gasteiger partial charge in [0.1, 0.15) is 11.5 Å². The van der Waals surface area contributed by atoms with E-state index in [1.165, 1.54) is 18.2 Å². The van der Waals surface area contributed by atoms with E-state index in [2.05, 4.69) is 15.3 Å². The molecule has 0 atom stereocenters. The Balaban J connectivity index is 2.52.